The normalized spacial score (nSPS) is 12.4. The summed E-state index contributed by atoms with van der Waals surface area (Å²) in [7, 11) is 3.23. The zero-order valence-corrected chi connectivity index (χ0v) is 26.0. The van der Waals surface area contributed by atoms with Crippen molar-refractivity contribution in [2.45, 2.75) is 39.0 Å². The van der Waals surface area contributed by atoms with E-state index in [1.165, 1.54) is 19.2 Å². The molecule has 5 rings (SSSR count). The number of H-pyrrole nitrogens is 1. The average Bonchev–Trinajstić information content (AvgIpc) is 3.68. The Morgan fingerprint density at radius 1 is 0.978 bits per heavy atom. The molecule has 3 aromatic carbocycles. The number of hydrogen-bond acceptors (Lipinski definition) is 8. The van der Waals surface area contributed by atoms with E-state index in [2.05, 4.69) is 20.6 Å². The van der Waals surface area contributed by atoms with Crippen LogP contribution in [-0.4, -0.2) is 54.0 Å². The number of aromatic hydroxyl groups is 1. The molecule has 0 saturated carbocycles. The molecule has 0 aliphatic rings. The quantitative estimate of drug-likeness (QED) is 0.128. The first kappa shape index (κ1) is 31.9. The summed E-state index contributed by atoms with van der Waals surface area (Å²) >= 11 is 0. The van der Waals surface area contributed by atoms with Crippen LogP contribution < -0.4 is 16.1 Å². The number of nitrogens with zero attached hydrogens (tertiary/aromatic N) is 1. The van der Waals surface area contributed by atoms with E-state index in [0.717, 1.165) is 21.9 Å². The molecule has 4 N–H and O–H groups in total. The molecule has 0 aliphatic carbocycles. The molecule has 46 heavy (non-hydrogen) atoms. The van der Waals surface area contributed by atoms with E-state index >= 15 is 0 Å². The molecular weight excluding hydrogens is 587 g/mol. The number of amides is 2. The lowest BCUT2D eigenvalue weighted by molar-refractivity contribution is -0.124. The van der Waals surface area contributed by atoms with Gasteiger partial charge in [-0.2, -0.15) is 0 Å². The van der Waals surface area contributed by atoms with Gasteiger partial charge in [-0.05, 0) is 29.2 Å². The number of fused-ring (bicyclic) bond motifs is 1. The van der Waals surface area contributed by atoms with Crippen molar-refractivity contribution < 1.29 is 33.4 Å². The third kappa shape index (κ3) is 7.23. The van der Waals surface area contributed by atoms with E-state index in [-0.39, 0.29) is 42.0 Å². The summed E-state index contributed by atoms with van der Waals surface area (Å²) in [5.41, 5.74) is 4.00. The number of aromatic amines is 1. The van der Waals surface area contributed by atoms with Crippen molar-refractivity contribution >= 4 is 42.2 Å². The van der Waals surface area contributed by atoms with Crippen LogP contribution in [0.2, 0.25) is 0 Å². The smallest absolute Gasteiger partial charge is 0.408 e. The van der Waals surface area contributed by atoms with Crippen LogP contribution in [0, 0.1) is 5.92 Å². The number of para-hydroxylation sites is 1. The zero-order chi connectivity index (χ0) is 32.8. The summed E-state index contributed by atoms with van der Waals surface area (Å²) < 4.78 is 16.7. The number of carbonyl (C=O) groups excluding carboxylic acids is 3. The standard InChI is InChI=1S/C34H35BN4O7/c1-19(2)27(32-39-29(33(42)44-3)30(46-32)24-17-36-28-23(24)10-7-11-25(28)35)38-31(41)26(16-20-12-14-22(40)15-13-20)37-34(43)45-18-21-8-5-4-6-9-21/h4-15,17,19,26-27,36,40H,16,18,35H2,1-3H3,(H,37,43)(H,38,41)/t26-,27-/m0/s1. The highest BCUT2D eigenvalue weighted by molar-refractivity contribution is 6.38. The van der Waals surface area contributed by atoms with E-state index in [0.29, 0.717) is 11.1 Å². The number of nitrogens with one attached hydrogen (secondary N) is 3. The first-order valence-electron chi connectivity index (χ1n) is 14.9. The van der Waals surface area contributed by atoms with Crippen molar-refractivity contribution in [3.8, 4) is 17.1 Å². The summed E-state index contributed by atoms with van der Waals surface area (Å²) in [6, 6.07) is 19.5. The molecule has 2 atom stereocenters. The van der Waals surface area contributed by atoms with Gasteiger partial charge in [-0.25, -0.2) is 14.6 Å². The lowest BCUT2D eigenvalue weighted by Crippen LogP contribution is -2.49. The number of phenolic OH excluding ortho intramolecular Hbond substituents is 1. The minimum Gasteiger partial charge on any atom is -0.508 e. The van der Waals surface area contributed by atoms with Gasteiger partial charge in [-0.1, -0.05) is 80.0 Å². The van der Waals surface area contributed by atoms with E-state index in [1.807, 2.05) is 70.2 Å². The number of ether oxygens (including phenoxy) is 2. The fourth-order valence-electron chi connectivity index (χ4n) is 5.13. The van der Waals surface area contributed by atoms with Crippen LogP contribution in [0.1, 0.15) is 47.4 Å². The maximum absolute atomic E-state index is 13.8. The number of alkyl carbamates (subject to hydrolysis) is 1. The highest BCUT2D eigenvalue weighted by Gasteiger charge is 2.32. The number of hydrogen-bond donors (Lipinski definition) is 4. The molecule has 11 nitrogen and oxygen atoms in total. The van der Waals surface area contributed by atoms with Crippen molar-refractivity contribution in [1.82, 2.24) is 20.6 Å². The Balaban J connectivity index is 1.43. The zero-order valence-electron chi connectivity index (χ0n) is 26.0. The molecule has 0 aliphatic heterocycles. The largest absolute Gasteiger partial charge is 0.508 e. The van der Waals surface area contributed by atoms with Crippen LogP contribution in [0.15, 0.2) is 83.4 Å². The fraction of sp³-hybridized carbons (Fsp3) is 0.235. The molecule has 0 fully saturated rings. The number of benzene rings is 3. The van der Waals surface area contributed by atoms with Crippen LogP contribution in [0.25, 0.3) is 22.2 Å². The molecule has 0 bridgehead atoms. The molecule has 2 amide bonds. The first-order valence-corrected chi connectivity index (χ1v) is 14.9. The minimum atomic E-state index is -1.06. The van der Waals surface area contributed by atoms with Crippen LogP contribution >= 0.6 is 0 Å². The minimum absolute atomic E-state index is 0.0249. The van der Waals surface area contributed by atoms with Gasteiger partial charge in [0.25, 0.3) is 0 Å². The topological polar surface area (TPSA) is 156 Å². The highest BCUT2D eigenvalue weighted by atomic mass is 16.5. The molecule has 5 aromatic rings. The van der Waals surface area contributed by atoms with Gasteiger partial charge in [0.05, 0.1) is 7.11 Å². The van der Waals surface area contributed by atoms with Gasteiger partial charge < -0.3 is 34.6 Å². The molecule has 12 heteroatoms. The lowest BCUT2D eigenvalue weighted by atomic mass is 9.93. The fourth-order valence-corrected chi connectivity index (χ4v) is 5.13. The molecular formula is C34H35BN4O7. The molecule has 2 heterocycles. The van der Waals surface area contributed by atoms with Crippen LogP contribution in [0.5, 0.6) is 5.75 Å². The number of rotatable bonds is 11. The van der Waals surface area contributed by atoms with Gasteiger partial charge >= 0.3 is 12.1 Å². The Morgan fingerprint density at radius 3 is 2.41 bits per heavy atom. The Kier molecular flexibility index (Phi) is 9.75. The van der Waals surface area contributed by atoms with Gasteiger partial charge in [-0.3, -0.25) is 4.79 Å². The highest BCUT2D eigenvalue weighted by Crippen LogP contribution is 2.34. The maximum Gasteiger partial charge on any atom is 0.408 e. The molecule has 236 valence electrons. The second-order valence-electron chi connectivity index (χ2n) is 11.3. The van der Waals surface area contributed by atoms with Crippen molar-refractivity contribution in [3.63, 3.8) is 0 Å². The Morgan fingerprint density at radius 2 is 1.72 bits per heavy atom. The Bertz CT molecular complexity index is 1830. The van der Waals surface area contributed by atoms with E-state index in [4.69, 9.17) is 13.9 Å². The summed E-state index contributed by atoms with van der Waals surface area (Å²) in [5, 5.41) is 16.2. The van der Waals surface area contributed by atoms with E-state index < -0.39 is 30.1 Å². The number of methoxy groups -OCH3 is 1. The predicted octanol–water partition coefficient (Wildman–Crippen LogP) is 3.92. The van der Waals surface area contributed by atoms with Crippen LogP contribution in [-0.2, 0) is 27.3 Å². The molecule has 0 radical (unpaired) electrons. The van der Waals surface area contributed by atoms with Gasteiger partial charge in [-0.15, -0.1) is 0 Å². The third-order valence-corrected chi connectivity index (χ3v) is 7.62. The summed E-state index contributed by atoms with van der Waals surface area (Å²) in [4.78, 5) is 47.3. The summed E-state index contributed by atoms with van der Waals surface area (Å²) in [5.74, 6) is -1.05. The van der Waals surface area contributed by atoms with E-state index in [1.54, 1.807) is 18.3 Å². The van der Waals surface area contributed by atoms with Crippen LogP contribution in [0.4, 0.5) is 4.79 Å². The van der Waals surface area contributed by atoms with E-state index in [9.17, 15) is 19.5 Å². The SMILES string of the molecule is Bc1cccc2c(-c3oc([C@@H](NC(=O)[C@H](Cc4ccc(O)cc4)NC(=O)OCc4ccccc4)C(C)C)nc3C(=O)OC)c[nH]c12. The van der Waals surface area contributed by atoms with Crippen molar-refractivity contribution in [3.05, 3.63) is 102 Å². The predicted molar refractivity (Wildman–Crippen MR) is 174 cm³/mol. The summed E-state index contributed by atoms with van der Waals surface area (Å²) in [6.07, 6.45) is 1.08. The van der Waals surface area contributed by atoms with Crippen molar-refractivity contribution in [1.29, 1.82) is 0 Å². The summed E-state index contributed by atoms with van der Waals surface area (Å²) in [6.45, 7) is 3.77. The van der Waals surface area contributed by atoms with Crippen molar-refractivity contribution in [2.75, 3.05) is 7.11 Å². The first-order chi connectivity index (χ1) is 22.1. The second-order valence-corrected chi connectivity index (χ2v) is 11.3. The second kappa shape index (κ2) is 14.1. The lowest BCUT2D eigenvalue weighted by Gasteiger charge is -2.24. The monoisotopic (exact) mass is 622 g/mol. The number of phenols is 1. The number of aromatic nitrogens is 2. The number of carbonyl (C=O) groups is 3. The Labute approximate surface area is 266 Å². The molecule has 0 spiro atoms. The van der Waals surface area contributed by atoms with Crippen LogP contribution in [0.3, 0.4) is 0 Å². The Hall–Kier alpha value is -5.52. The van der Waals surface area contributed by atoms with Gasteiger partial charge in [0, 0.05) is 29.1 Å². The third-order valence-electron chi connectivity index (χ3n) is 7.62. The van der Waals surface area contributed by atoms with Gasteiger partial charge in [0.15, 0.2) is 11.5 Å². The van der Waals surface area contributed by atoms with Gasteiger partial charge in [0.1, 0.15) is 32.3 Å². The van der Waals surface area contributed by atoms with Gasteiger partial charge in [0.2, 0.25) is 11.8 Å². The molecule has 2 aromatic heterocycles. The number of esters is 1. The maximum atomic E-state index is 13.8. The molecule has 0 saturated heterocycles. The average molecular weight is 622 g/mol. The number of oxazole rings is 1. The van der Waals surface area contributed by atoms with Crippen molar-refractivity contribution in [2.24, 2.45) is 5.92 Å². The molecule has 0 unspecified atom stereocenters.